The summed E-state index contributed by atoms with van der Waals surface area (Å²) in [5.41, 5.74) is -1.48. The lowest BCUT2D eigenvalue weighted by molar-refractivity contribution is -0.182. The number of carbonyl (C=O) groups is 11. The normalized spacial score (nSPS) is 31.1. The lowest BCUT2D eigenvalue weighted by Gasteiger charge is -2.39. The zero-order chi connectivity index (χ0) is 68.1. The predicted octanol–water partition coefficient (Wildman–Crippen LogP) is 5.44. The Morgan fingerprint density at radius 3 is 1.79 bits per heavy atom. The fourth-order valence-electron chi connectivity index (χ4n) is 14.0. The van der Waals surface area contributed by atoms with Crippen molar-refractivity contribution in [2.24, 2.45) is 35.5 Å². The zero-order valence-corrected chi connectivity index (χ0v) is 57.4. The van der Waals surface area contributed by atoms with Gasteiger partial charge in [-0.15, -0.1) is 23.2 Å². The molecule has 0 bridgehead atoms. The number of fused-ring (bicyclic) bond motifs is 1. The first-order chi connectivity index (χ1) is 42.5. The maximum absolute atomic E-state index is 15.0. The summed E-state index contributed by atoms with van der Waals surface area (Å²) in [6.45, 7) is 11.0. The lowest BCUT2D eigenvalue weighted by Crippen LogP contribution is -2.64. The van der Waals surface area contributed by atoms with E-state index in [1.54, 1.807) is 27.7 Å². The van der Waals surface area contributed by atoms with E-state index >= 15 is 9.59 Å². The van der Waals surface area contributed by atoms with Gasteiger partial charge in [0.1, 0.15) is 41.8 Å². The number of likely N-dealkylation sites (N-methyl/N-ethyl adjacent to an activating group) is 6. The van der Waals surface area contributed by atoms with Gasteiger partial charge in [-0.3, -0.25) is 52.7 Å². The molecule has 1 spiro atoms. The summed E-state index contributed by atoms with van der Waals surface area (Å²) in [7, 11) is 8.55. The van der Waals surface area contributed by atoms with Crippen LogP contribution in [0, 0.1) is 35.5 Å². The molecule has 2 saturated heterocycles. The summed E-state index contributed by atoms with van der Waals surface area (Å²) in [6, 6.07) is -7.68. The second kappa shape index (κ2) is 33.6. The average Bonchev–Trinajstić information content (AvgIpc) is 1.75. The van der Waals surface area contributed by atoms with Gasteiger partial charge in [0.05, 0.1) is 25.6 Å². The van der Waals surface area contributed by atoms with Crippen molar-refractivity contribution in [3.8, 4) is 0 Å². The average molecular weight is 1330 g/mol. The molecule has 3 saturated carbocycles. The van der Waals surface area contributed by atoms with Gasteiger partial charge in [0.25, 0.3) is 0 Å². The smallest absolute Gasteiger partial charge is 0.351 e. The highest BCUT2D eigenvalue weighted by atomic mass is 35.5. The molecule has 5 aliphatic rings. The van der Waals surface area contributed by atoms with E-state index in [9.17, 15) is 56.3 Å². The number of halogens is 5. The summed E-state index contributed by atoms with van der Waals surface area (Å²) in [5.74, 6) is -9.86. The molecule has 22 nitrogen and oxygen atoms in total. The molecule has 27 heteroatoms. The van der Waals surface area contributed by atoms with Gasteiger partial charge in [0.15, 0.2) is 0 Å². The molecule has 91 heavy (non-hydrogen) atoms. The molecule has 3 unspecified atom stereocenters. The van der Waals surface area contributed by atoms with Gasteiger partial charge in [-0.1, -0.05) is 60.8 Å². The van der Waals surface area contributed by atoms with Crippen molar-refractivity contribution in [3.05, 3.63) is 0 Å². The van der Waals surface area contributed by atoms with Crippen molar-refractivity contribution in [2.75, 3.05) is 68.5 Å². The molecular weight excluding hydrogens is 1230 g/mol. The summed E-state index contributed by atoms with van der Waals surface area (Å²) in [5, 5.41) is 10.3. The van der Waals surface area contributed by atoms with Gasteiger partial charge < -0.3 is 55.6 Å². The molecule has 2 heterocycles. The van der Waals surface area contributed by atoms with Crippen LogP contribution >= 0.6 is 23.2 Å². The van der Waals surface area contributed by atoms with Gasteiger partial charge in [-0.05, 0) is 133 Å². The fourth-order valence-corrected chi connectivity index (χ4v) is 14.7. The third-order valence-electron chi connectivity index (χ3n) is 19.8. The lowest BCUT2D eigenvalue weighted by atomic mass is 9.78. The minimum absolute atomic E-state index is 0.00619. The van der Waals surface area contributed by atoms with Crippen molar-refractivity contribution in [1.82, 2.24) is 55.6 Å². The number of hydrogen-bond acceptors (Lipinski definition) is 11. The van der Waals surface area contributed by atoms with E-state index in [0.717, 1.165) is 14.7 Å². The van der Waals surface area contributed by atoms with Crippen molar-refractivity contribution in [3.63, 3.8) is 0 Å². The summed E-state index contributed by atoms with van der Waals surface area (Å²) in [4.78, 5) is 168. The molecule has 0 aromatic carbocycles. The first kappa shape index (κ1) is 76.3. The van der Waals surface area contributed by atoms with Crippen LogP contribution in [0.1, 0.15) is 170 Å². The molecule has 2 aliphatic heterocycles. The van der Waals surface area contributed by atoms with Gasteiger partial charge in [0.2, 0.25) is 65.0 Å². The van der Waals surface area contributed by atoms with Crippen molar-refractivity contribution in [2.45, 2.75) is 235 Å². The van der Waals surface area contributed by atoms with Crippen LogP contribution in [0.4, 0.5) is 13.2 Å². The van der Waals surface area contributed by atoms with Crippen LogP contribution in [0.5, 0.6) is 0 Å². The molecule has 516 valence electrons. The predicted molar refractivity (Wildman–Crippen MR) is 338 cm³/mol. The second-order valence-corrected chi connectivity index (χ2v) is 28.9. The van der Waals surface area contributed by atoms with Gasteiger partial charge in [0, 0.05) is 72.0 Å². The Hall–Kier alpha value is -5.46. The fraction of sp³-hybridized carbons (Fsp3) is 0.828. The largest absolute Gasteiger partial charge is 0.393 e. The van der Waals surface area contributed by atoms with E-state index in [-0.39, 0.29) is 100 Å². The molecule has 4 N–H and O–H groups in total. The Morgan fingerprint density at radius 2 is 1.21 bits per heavy atom. The molecular formula is C64H104Cl2F3N11O11. The minimum Gasteiger partial charge on any atom is -0.351 e. The Balaban J connectivity index is 1.53. The Kier molecular flexibility index (Phi) is 28.1. The standard InChI is InChI=1S/C64H104Cl2F3N11O11/c1-14-39(6)54-61(90)76(10)35-52(83)74(8)36-53(84)78(12)49(33-42-19-23-43(65)24-20-42)60(89)75(9)34-50(81)71-46(26-22-41-21-25-44(45(66)32-41)64(67,68)69)59(88)80-29-17-18-47(80)57(86)73-63(27-15-16-28-63)62(91)79(13)55(38(4)5)58(87)70-40(7)31-51(82)77(11)48(30-37(2)3)56(85)72-54/h37-49,54-55H,14-36H2,1-13H3,(H,70,87)(H,71,81)(H,72,85)(H,73,86)/t39-,40+,41?,42?,43?,44?,45?,46-,47-,48-,49-,54-,55-/m0/s1. The van der Waals surface area contributed by atoms with Crippen LogP contribution < -0.4 is 21.3 Å². The molecule has 0 radical (unpaired) electrons. The van der Waals surface area contributed by atoms with Gasteiger partial charge >= 0.3 is 6.18 Å². The first-order valence-electron chi connectivity index (χ1n) is 32.9. The number of amides is 11. The van der Waals surface area contributed by atoms with Gasteiger partial charge in [-0.2, -0.15) is 13.2 Å². The molecule has 0 aromatic rings. The van der Waals surface area contributed by atoms with Crippen LogP contribution in [0.3, 0.4) is 0 Å². The molecule has 11 atom stereocenters. The van der Waals surface area contributed by atoms with Crippen molar-refractivity contribution in [1.29, 1.82) is 0 Å². The minimum atomic E-state index is -4.50. The Bertz CT molecular complexity index is 2590. The number of nitrogens with one attached hydrogen (secondary N) is 4. The van der Waals surface area contributed by atoms with Crippen LogP contribution in [0.25, 0.3) is 0 Å². The highest BCUT2D eigenvalue weighted by Crippen LogP contribution is 2.44. The highest BCUT2D eigenvalue weighted by molar-refractivity contribution is 6.21. The Morgan fingerprint density at radius 1 is 0.615 bits per heavy atom. The van der Waals surface area contributed by atoms with Crippen LogP contribution in [-0.2, 0) is 52.7 Å². The quantitative estimate of drug-likeness (QED) is 0.200. The second-order valence-electron chi connectivity index (χ2n) is 27.8. The number of alkyl halides is 5. The summed E-state index contributed by atoms with van der Waals surface area (Å²) >= 11 is 12.8. The monoisotopic (exact) mass is 1330 g/mol. The molecule has 3 aliphatic carbocycles. The summed E-state index contributed by atoms with van der Waals surface area (Å²) < 4.78 is 41.7. The van der Waals surface area contributed by atoms with Crippen LogP contribution in [0.2, 0.25) is 0 Å². The maximum atomic E-state index is 15.0. The van der Waals surface area contributed by atoms with E-state index in [0.29, 0.717) is 51.4 Å². The first-order valence-corrected chi connectivity index (χ1v) is 33.8. The number of carbonyl (C=O) groups excluding carboxylic acids is 11. The Labute approximate surface area is 546 Å². The van der Waals surface area contributed by atoms with E-state index < -0.39 is 162 Å². The SMILES string of the molecule is CC[C@H](C)[C@@H]1NC(=O)[C@H](CC(C)C)N(C)C(=O)C[C@@H](C)NC(=O)[C@H](C(C)C)N(C)C(=O)C2(CCCC2)NC(=O)[C@@H]2CCCN2C(=O)[C@H](CCC2CCC(C(F)(F)F)C(Cl)C2)NC(=O)CN(C)C(=O)[C@H](CC2CCC(Cl)CC2)N(C)C(=O)CN(C)C(=O)CN(C)C1=O. The molecule has 5 fully saturated rings. The van der Waals surface area contributed by atoms with E-state index in [1.807, 2.05) is 20.8 Å². The van der Waals surface area contributed by atoms with E-state index in [4.69, 9.17) is 23.2 Å². The number of nitrogens with zero attached hydrogens (tertiary/aromatic N) is 7. The number of hydrogen-bond donors (Lipinski definition) is 4. The maximum Gasteiger partial charge on any atom is 0.393 e. The number of rotatable bonds is 10. The third-order valence-corrected chi connectivity index (χ3v) is 20.7. The topological polar surface area (TPSA) is 259 Å². The van der Waals surface area contributed by atoms with Crippen LogP contribution in [-0.4, -0.2) is 233 Å². The van der Waals surface area contributed by atoms with Crippen LogP contribution in [0.15, 0.2) is 0 Å². The highest BCUT2D eigenvalue weighted by Gasteiger charge is 2.51. The van der Waals surface area contributed by atoms with Gasteiger partial charge in [-0.25, -0.2) is 0 Å². The van der Waals surface area contributed by atoms with E-state index in [1.165, 1.54) is 61.9 Å². The molecule has 5 rings (SSSR count). The molecule has 0 aromatic heterocycles. The van der Waals surface area contributed by atoms with Crippen molar-refractivity contribution < 1.29 is 65.9 Å². The summed E-state index contributed by atoms with van der Waals surface area (Å²) in [6.07, 6.45) is 0.913. The van der Waals surface area contributed by atoms with Crippen molar-refractivity contribution >= 4 is 88.2 Å². The molecule has 11 amide bonds. The van der Waals surface area contributed by atoms with E-state index in [2.05, 4.69) is 21.3 Å². The zero-order valence-electron chi connectivity index (χ0n) is 55.9. The third kappa shape index (κ3) is 20.3.